The summed E-state index contributed by atoms with van der Waals surface area (Å²) >= 11 is 2.72. The van der Waals surface area contributed by atoms with Gasteiger partial charge in [-0.25, -0.2) is 4.39 Å². The first-order valence-corrected chi connectivity index (χ1v) is 3.72. The molecule has 3 nitrogen and oxygen atoms in total. The van der Waals surface area contributed by atoms with E-state index < -0.39 is 17.3 Å². The summed E-state index contributed by atoms with van der Waals surface area (Å²) in [5.74, 6) is -2.14. The molecule has 1 rings (SSSR count). The van der Waals surface area contributed by atoms with Crippen LogP contribution < -0.4 is 0 Å². The Balaban J connectivity index is 3.49. The van der Waals surface area contributed by atoms with Crippen LogP contribution in [-0.2, 0) is 0 Å². The first-order chi connectivity index (χ1) is 5.57. The van der Waals surface area contributed by atoms with Crippen molar-refractivity contribution in [2.24, 2.45) is 0 Å². The summed E-state index contributed by atoms with van der Waals surface area (Å²) in [5.41, 5.74) is -0.211. The Bertz CT molecular complexity index is 338. The Kier molecular flexibility index (Phi) is 2.32. The van der Waals surface area contributed by atoms with Crippen molar-refractivity contribution in [1.82, 2.24) is 0 Å². The quantitative estimate of drug-likeness (QED) is 0.729. The smallest absolute Gasteiger partial charge is 0.169 e. The van der Waals surface area contributed by atoms with E-state index in [0.29, 0.717) is 6.29 Å². The number of halogens is 2. The largest absolute Gasteiger partial charge is 0.506 e. The van der Waals surface area contributed by atoms with Crippen LogP contribution in [0.3, 0.4) is 0 Å². The maximum absolute atomic E-state index is 12.7. The average Bonchev–Trinajstić information content (AvgIpc) is 2.08. The van der Waals surface area contributed by atoms with Crippen LogP contribution in [0.2, 0.25) is 0 Å². The van der Waals surface area contributed by atoms with E-state index in [-0.39, 0.29) is 10.0 Å². The summed E-state index contributed by atoms with van der Waals surface area (Å²) in [6.45, 7) is 0. The van der Waals surface area contributed by atoms with Crippen molar-refractivity contribution >= 4 is 22.2 Å². The predicted molar refractivity (Wildman–Crippen MR) is 42.8 cm³/mol. The predicted octanol–water partition coefficient (Wildman–Crippen LogP) is 1.81. The van der Waals surface area contributed by atoms with Gasteiger partial charge in [-0.05, 0) is 22.0 Å². The third-order valence-electron chi connectivity index (χ3n) is 1.32. The van der Waals surface area contributed by atoms with Gasteiger partial charge >= 0.3 is 0 Å². The van der Waals surface area contributed by atoms with Crippen molar-refractivity contribution in [1.29, 1.82) is 0 Å². The van der Waals surface area contributed by atoms with Gasteiger partial charge in [0, 0.05) is 0 Å². The molecule has 0 aliphatic heterocycles. The number of rotatable bonds is 1. The number of hydrogen-bond donors (Lipinski definition) is 2. The number of benzene rings is 1. The normalized spacial score (nSPS) is 9.83. The summed E-state index contributed by atoms with van der Waals surface area (Å²) in [5, 5.41) is 18.0. The summed E-state index contributed by atoms with van der Waals surface area (Å²) in [6.07, 6.45) is 0.294. The Labute approximate surface area is 75.6 Å². The first-order valence-electron chi connectivity index (χ1n) is 2.93. The molecular weight excluding hydrogens is 231 g/mol. The molecule has 0 bridgehead atoms. The highest BCUT2D eigenvalue weighted by molar-refractivity contribution is 9.10. The van der Waals surface area contributed by atoms with Gasteiger partial charge in [0.1, 0.15) is 10.2 Å². The number of aldehydes is 1. The van der Waals surface area contributed by atoms with E-state index in [0.717, 1.165) is 6.07 Å². The molecule has 0 atom stereocenters. The van der Waals surface area contributed by atoms with Gasteiger partial charge in [-0.2, -0.15) is 0 Å². The monoisotopic (exact) mass is 234 g/mol. The molecule has 0 amide bonds. The van der Waals surface area contributed by atoms with Crippen molar-refractivity contribution in [2.45, 2.75) is 0 Å². The number of carbonyl (C=O) groups is 1. The Morgan fingerprint density at radius 3 is 2.50 bits per heavy atom. The molecule has 0 aliphatic carbocycles. The lowest BCUT2D eigenvalue weighted by Gasteiger charge is -2.03. The van der Waals surface area contributed by atoms with Crippen LogP contribution >= 0.6 is 15.9 Å². The Morgan fingerprint density at radius 1 is 1.42 bits per heavy atom. The lowest BCUT2D eigenvalue weighted by molar-refractivity contribution is 0.112. The van der Waals surface area contributed by atoms with E-state index in [9.17, 15) is 9.18 Å². The summed E-state index contributed by atoms with van der Waals surface area (Å²) < 4.78 is 12.4. The summed E-state index contributed by atoms with van der Waals surface area (Å²) in [4.78, 5) is 10.2. The molecule has 5 heteroatoms. The second kappa shape index (κ2) is 3.10. The van der Waals surface area contributed by atoms with Crippen LogP contribution in [0.5, 0.6) is 11.5 Å². The molecular formula is C7H4BrFO3. The van der Waals surface area contributed by atoms with Gasteiger partial charge in [-0.1, -0.05) is 0 Å². The lowest BCUT2D eigenvalue weighted by atomic mass is 10.2. The fraction of sp³-hybridized carbons (Fsp3) is 0. The molecule has 64 valence electrons. The van der Waals surface area contributed by atoms with Gasteiger partial charge in [0.05, 0.1) is 5.56 Å². The van der Waals surface area contributed by atoms with E-state index in [1.807, 2.05) is 0 Å². The van der Waals surface area contributed by atoms with Gasteiger partial charge in [-0.3, -0.25) is 4.79 Å². The number of aromatic hydroxyl groups is 2. The summed E-state index contributed by atoms with van der Waals surface area (Å²) in [6, 6.07) is 0.752. The molecule has 1 aromatic carbocycles. The van der Waals surface area contributed by atoms with Crippen molar-refractivity contribution in [3.63, 3.8) is 0 Å². The van der Waals surface area contributed by atoms with Crippen molar-refractivity contribution < 1.29 is 19.4 Å². The van der Waals surface area contributed by atoms with E-state index in [4.69, 9.17) is 10.2 Å². The first kappa shape index (κ1) is 8.99. The SMILES string of the molecule is O=Cc1cc(F)c(O)c(Br)c1O. The molecule has 0 heterocycles. The van der Waals surface area contributed by atoms with E-state index in [1.165, 1.54) is 0 Å². The molecule has 2 N–H and O–H groups in total. The highest BCUT2D eigenvalue weighted by atomic mass is 79.9. The summed E-state index contributed by atoms with van der Waals surface area (Å²) in [7, 11) is 0. The van der Waals surface area contributed by atoms with Gasteiger partial charge < -0.3 is 10.2 Å². The molecule has 12 heavy (non-hydrogen) atoms. The van der Waals surface area contributed by atoms with E-state index >= 15 is 0 Å². The standard InChI is InChI=1S/C7H4BrFO3/c8-5-6(11)3(2-10)1-4(9)7(5)12/h1-2,11-12H. The van der Waals surface area contributed by atoms with Crippen LogP contribution in [0.4, 0.5) is 4.39 Å². The zero-order chi connectivity index (χ0) is 9.30. The fourth-order valence-electron chi connectivity index (χ4n) is 0.707. The van der Waals surface area contributed by atoms with Crippen molar-refractivity contribution in [3.05, 3.63) is 21.9 Å². The topological polar surface area (TPSA) is 57.5 Å². The average molecular weight is 235 g/mol. The third kappa shape index (κ3) is 1.27. The minimum atomic E-state index is -0.957. The van der Waals surface area contributed by atoms with Crippen LogP contribution in [-0.4, -0.2) is 16.5 Å². The van der Waals surface area contributed by atoms with E-state index in [1.54, 1.807) is 0 Å². The minimum Gasteiger partial charge on any atom is -0.506 e. The van der Waals surface area contributed by atoms with Crippen LogP contribution in [0, 0.1) is 5.82 Å². The highest BCUT2D eigenvalue weighted by Gasteiger charge is 2.14. The van der Waals surface area contributed by atoms with Gasteiger partial charge in [0.25, 0.3) is 0 Å². The van der Waals surface area contributed by atoms with Crippen LogP contribution in [0.25, 0.3) is 0 Å². The molecule has 0 spiro atoms. The van der Waals surface area contributed by atoms with Gasteiger partial charge in [0.15, 0.2) is 17.9 Å². The van der Waals surface area contributed by atoms with Crippen LogP contribution in [0.1, 0.15) is 10.4 Å². The number of phenolic OH excluding ortho intramolecular Hbond substituents is 2. The molecule has 0 radical (unpaired) electrons. The molecule has 0 fully saturated rings. The lowest BCUT2D eigenvalue weighted by Crippen LogP contribution is -1.86. The maximum Gasteiger partial charge on any atom is 0.169 e. The van der Waals surface area contributed by atoms with Crippen molar-refractivity contribution in [3.8, 4) is 11.5 Å². The van der Waals surface area contributed by atoms with Crippen molar-refractivity contribution in [2.75, 3.05) is 0 Å². The molecule has 0 unspecified atom stereocenters. The zero-order valence-electron chi connectivity index (χ0n) is 5.71. The molecule has 0 aliphatic rings. The Hall–Kier alpha value is -1.10. The third-order valence-corrected chi connectivity index (χ3v) is 2.08. The van der Waals surface area contributed by atoms with Gasteiger partial charge in [-0.15, -0.1) is 0 Å². The second-order valence-electron chi connectivity index (χ2n) is 2.08. The number of hydrogen-bond acceptors (Lipinski definition) is 3. The zero-order valence-corrected chi connectivity index (χ0v) is 7.30. The second-order valence-corrected chi connectivity index (χ2v) is 2.87. The van der Waals surface area contributed by atoms with Crippen LogP contribution in [0.15, 0.2) is 10.5 Å². The Morgan fingerprint density at radius 2 is 2.00 bits per heavy atom. The molecule has 0 saturated heterocycles. The molecule has 0 saturated carbocycles. The van der Waals surface area contributed by atoms with Gasteiger partial charge in [0.2, 0.25) is 0 Å². The van der Waals surface area contributed by atoms with E-state index in [2.05, 4.69) is 15.9 Å². The fourth-order valence-corrected chi connectivity index (χ4v) is 1.13. The maximum atomic E-state index is 12.7. The number of phenols is 2. The minimum absolute atomic E-state index is 0.211. The highest BCUT2D eigenvalue weighted by Crippen LogP contribution is 2.36. The molecule has 1 aromatic rings. The molecule has 0 aromatic heterocycles. The number of carbonyl (C=O) groups excluding carboxylic acids is 1.